The highest BCUT2D eigenvalue weighted by Crippen LogP contribution is 2.49. The molecule has 2 aromatic rings. The number of halogens is 1. The van der Waals surface area contributed by atoms with Gasteiger partial charge in [-0.3, -0.25) is 9.69 Å². The number of carbonyl (C=O) groups excluding carboxylic acids is 1. The van der Waals surface area contributed by atoms with Crippen LogP contribution in [0.3, 0.4) is 0 Å². The minimum atomic E-state index is -0.311. The van der Waals surface area contributed by atoms with Crippen molar-refractivity contribution < 1.29 is 4.79 Å². The average Bonchev–Trinajstić information content (AvgIpc) is 3.01. The molecule has 1 amide bonds. The van der Waals surface area contributed by atoms with E-state index < -0.39 is 0 Å². The van der Waals surface area contributed by atoms with Gasteiger partial charge in [0.25, 0.3) is 0 Å². The quantitative estimate of drug-likeness (QED) is 0.748. The number of rotatable bonds is 6. The first-order valence-corrected chi connectivity index (χ1v) is 10.7. The molecular formula is C20H23BrN2OS. The van der Waals surface area contributed by atoms with Crippen molar-refractivity contribution in [2.75, 3.05) is 19.6 Å². The number of hydrogen-bond acceptors (Lipinski definition) is 3. The zero-order valence-electron chi connectivity index (χ0n) is 14.2. The number of carbonyl (C=O) groups is 1. The summed E-state index contributed by atoms with van der Waals surface area (Å²) in [7, 11) is 0. The van der Waals surface area contributed by atoms with Crippen LogP contribution in [-0.2, 0) is 10.2 Å². The molecule has 1 aromatic carbocycles. The van der Waals surface area contributed by atoms with Crippen LogP contribution in [0.4, 0.5) is 0 Å². The highest BCUT2D eigenvalue weighted by Gasteiger charge is 2.51. The van der Waals surface area contributed by atoms with Gasteiger partial charge in [-0.15, -0.1) is 11.3 Å². The molecule has 2 fully saturated rings. The Kier molecular flexibility index (Phi) is 4.98. The Morgan fingerprint density at radius 1 is 1.24 bits per heavy atom. The van der Waals surface area contributed by atoms with Gasteiger partial charge in [0.15, 0.2) is 0 Å². The zero-order chi connectivity index (χ0) is 17.3. The van der Waals surface area contributed by atoms with Crippen molar-refractivity contribution in [2.24, 2.45) is 0 Å². The third-order valence-electron chi connectivity index (χ3n) is 5.47. The van der Waals surface area contributed by atoms with E-state index in [2.05, 4.69) is 55.8 Å². The van der Waals surface area contributed by atoms with Crippen molar-refractivity contribution in [2.45, 2.75) is 37.1 Å². The molecule has 0 unspecified atom stereocenters. The standard InChI is InChI=1S/C20H23BrN2OS/c21-16-6-3-5-15(13-16)20(8-9-20)19(24)22-14-17(18-7-4-12-25-18)23-10-1-2-11-23/h3-7,12-13,17H,1-2,8-11,14H2,(H,22,24)/t17-/m0/s1. The van der Waals surface area contributed by atoms with Gasteiger partial charge < -0.3 is 5.32 Å². The molecule has 0 radical (unpaired) electrons. The van der Waals surface area contributed by atoms with Gasteiger partial charge in [0.1, 0.15) is 0 Å². The van der Waals surface area contributed by atoms with Crippen LogP contribution < -0.4 is 5.32 Å². The van der Waals surface area contributed by atoms with Crippen molar-refractivity contribution in [3.8, 4) is 0 Å². The smallest absolute Gasteiger partial charge is 0.230 e. The lowest BCUT2D eigenvalue weighted by atomic mass is 9.95. The van der Waals surface area contributed by atoms with Crippen molar-refractivity contribution >= 4 is 33.2 Å². The average molecular weight is 419 g/mol. The molecule has 1 saturated heterocycles. The minimum Gasteiger partial charge on any atom is -0.353 e. The maximum atomic E-state index is 13.0. The predicted octanol–water partition coefficient (Wildman–Crippen LogP) is 4.50. The molecule has 2 heterocycles. The van der Waals surface area contributed by atoms with Gasteiger partial charge in [-0.1, -0.05) is 34.1 Å². The van der Waals surface area contributed by atoms with Crippen molar-refractivity contribution in [3.63, 3.8) is 0 Å². The minimum absolute atomic E-state index is 0.186. The second-order valence-electron chi connectivity index (χ2n) is 7.08. The van der Waals surface area contributed by atoms with E-state index in [9.17, 15) is 4.79 Å². The molecule has 5 heteroatoms. The molecule has 3 nitrogen and oxygen atoms in total. The van der Waals surface area contributed by atoms with Gasteiger partial charge in [0.05, 0.1) is 11.5 Å². The van der Waals surface area contributed by atoms with E-state index in [1.54, 1.807) is 11.3 Å². The molecule has 1 N–H and O–H groups in total. The van der Waals surface area contributed by atoms with E-state index in [1.807, 2.05) is 12.1 Å². The molecule has 1 aromatic heterocycles. The number of nitrogens with zero attached hydrogens (tertiary/aromatic N) is 1. The van der Waals surface area contributed by atoms with Crippen LogP contribution in [0.15, 0.2) is 46.3 Å². The van der Waals surface area contributed by atoms with Gasteiger partial charge in [-0.25, -0.2) is 0 Å². The zero-order valence-corrected chi connectivity index (χ0v) is 16.6. The van der Waals surface area contributed by atoms with E-state index in [4.69, 9.17) is 0 Å². The molecule has 4 rings (SSSR count). The Morgan fingerprint density at radius 3 is 2.68 bits per heavy atom. The molecule has 25 heavy (non-hydrogen) atoms. The normalized spacial score (nSPS) is 20.4. The summed E-state index contributed by atoms with van der Waals surface area (Å²) in [5.41, 5.74) is 0.822. The number of thiophene rings is 1. The first-order chi connectivity index (χ1) is 12.2. The first-order valence-electron chi connectivity index (χ1n) is 9.01. The first kappa shape index (κ1) is 17.3. The van der Waals surface area contributed by atoms with Crippen molar-refractivity contribution in [1.82, 2.24) is 10.2 Å². The SMILES string of the molecule is O=C(NC[C@@H](c1cccs1)N1CCCC1)C1(c2cccc(Br)c2)CC1. The summed E-state index contributed by atoms with van der Waals surface area (Å²) in [6, 6.07) is 12.8. The monoisotopic (exact) mass is 418 g/mol. The number of nitrogens with one attached hydrogen (secondary N) is 1. The summed E-state index contributed by atoms with van der Waals surface area (Å²) < 4.78 is 1.04. The maximum Gasteiger partial charge on any atom is 0.230 e. The third-order valence-corrected chi connectivity index (χ3v) is 6.94. The van der Waals surface area contributed by atoms with Crippen LogP contribution >= 0.6 is 27.3 Å². The van der Waals surface area contributed by atoms with Gasteiger partial charge in [0, 0.05) is 15.9 Å². The predicted molar refractivity (Wildman–Crippen MR) is 106 cm³/mol. The van der Waals surface area contributed by atoms with E-state index in [0.29, 0.717) is 12.6 Å². The van der Waals surface area contributed by atoms with E-state index in [1.165, 1.54) is 17.7 Å². The van der Waals surface area contributed by atoms with Gasteiger partial charge in [-0.2, -0.15) is 0 Å². The molecule has 1 saturated carbocycles. The summed E-state index contributed by atoms with van der Waals surface area (Å²) in [6.07, 6.45) is 4.42. The summed E-state index contributed by atoms with van der Waals surface area (Å²) >= 11 is 5.32. The number of benzene rings is 1. The topological polar surface area (TPSA) is 32.3 Å². The van der Waals surface area contributed by atoms with Crippen molar-refractivity contribution in [1.29, 1.82) is 0 Å². The number of amides is 1. The van der Waals surface area contributed by atoms with Crippen LogP contribution in [0.5, 0.6) is 0 Å². The summed E-state index contributed by atoms with van der Waals surface area (Å²) in [5, 5.41) is 5.41. The highest BCUT2D eigenvalue weighted by molar-refractivity contribution is 9.10. The lowest BCUT2D eigenvalue weighted by Gasteiger charge is -2.28. The fraction of sp³-hybridized carbons (Fsp3) is 0.450. The second kappa shape index (κ2) is 7.22. The molecule has 2 aliphatic rings. The largest absolute Gasteiger partial charge is 0.353 e. The van der Waals surface area contributed by atoms with Gasteiger partial charge in [-0.05, 0) is 67.9 Å². The summed E-state index contributed by atoms with van der Waals surface area (Å²) in [6.45, 7) is 2.97. The van der Waals surface area contributed by atoms with Gasteiger partial charge >= 0.3 is 0 Å². The van der Waals surface area contributed by atoms with Crippen LogP contribution in [0, 0.1) is 0 Å². The number of hydrogen-bond donors (Lipinski definition) is 1. The molecule has 1 aliphatic carbocycles. The van der Waals surface area contributed by atoms with Crippen LogP contribution in [0.25, 0.3) is 0 Å². The third kappa shape index (κ3) is 3.55. The molecule has 1 atom stereocenters. The molecule has 0 spiro atoms. The lowest BCUT2D eigenvalue weighted by molar-refractivity contribution is -0.123. The molecule has 1 aliphatic heterocycles. The Hall–Kier alpha value is -1.17. The summed E-state index contributed by atoms with van der Waals surface area (Å²) in [5.74, 6) is 0.186. The fourth-order valence-corrected chi connectivity index (χ4v) is 5.12. The Balaban J connectivity index is 1.46. The highest BCUT2D eigenvalue weighted by atomic mass is 79.9. The Morgan fingerprint density at radius 2 is 2.04 bits per heavy atom. The molecular weight excluding hydrogens is 396 g/mol. The number of likely N-dealkylation sites (tertiary alicyclic amines) is 1. The molecule has 132 valence electrons. The molecule has 0 bridgehead atoms. The van der Waals surface area contributed by atoms with Crippen LogP contribution in [-0.4, -0.2) is 30.4 Å². The Labute approximate surface area is 161 Å². The maximum absolute atomic E-state index is 13.0. The van der Waals surface area contributed by atoms with Crippen molar-refractivity contribution in [3.05, 3.63) is 56.7 Å². The lowest BCUT2D eigenvalue weighted by Crippen LogP contribution is -2.41. The van der Waals surface area contributed by atoms with E-state index >= 15 is 0 Å². The summed E-state index contributed by atoms with van der Waals surface area (Å²) in [4.78, 5) is 16.9. The van der Waals surface area contributed by atoms with Crippen LogP contribution in [0.1, 0.15) is 42.2 Å². The fourth-order valence-electron chi connectivity index (χ4n) is 3.86. The second-order valence-corrected chi connectivity index (χ2v) is 8.97. The Bertz CT molecular complexity index is 736. The van der Waals surface area contributed by atoms with Crippen LogP contribution in [0.2, 0.25) is 0 Å². The van der Waals surface area contributed by atoms with Gasteiger partial charge in [0.2, 0.25) is 5.91 Å². The van der Waals surface area contributed by atoms with E-state index in [-0.39, 0.29) is 11.3 Å². The van der Waals surface area contributed by atoms with E-state index in [0.717, 1.165) is 36.0 Å².